The summed E-state index contributed by atoms with van der Waals surface area (Å²) in [6.45, 7) is -0.0594. The first-order valence-corrected chi connectivity index (χ1v) is 12.8. The number of rotatable bonds is 8. The maximum Gasteiger partial charge on any atom is 0.422 e. The first kappa shape index (κ1) is 28.5. The van der Waals surface area contributed by atoms with Crippen LogP contribution in [0.3, 0.4) is 0 Å². The summed E-state index contributed by atoms with van der Waals surface area (Å²) in [5.41, 5.74) is 1.47. The van der Waals surface area contributed by atoms with Gasteiger partial charge in [0.2, 0.25) is 5.95 Å². The Hall–Kier alpha value is -5.01. The Kier molecular flexibility index (Phi) is 8.31. The van der Waals surface area contributed by atoms with Gasteiger partial charge in [0.15, 0.2) is 18.2 Å². The van der Waals surface area contributed by atoms with Crippen LogP contribution in [0.15, 0.2) is 71.3 Å². The number of furan rings is 1. The average molecular weight is 585 g/mol. The molecule has 0 atom stereocenters. The van der Waals surface area contributed by atoms with Crippen molar-refractivity contribution >= 4 is 17.8 Å². The smallest absolute Gasteiger partial charge is 0.422 e. The largest absolute Gasteiger partial charge is 0.459 e. The summed E-state index contributed by atoms with van der Waals surface area (Å²) in [6.07, 6.45) is -3.18. The molecule has 0 bridgehead atoms. The zero-order valence-corrected chi connectivity index (χ0v) is 22.0. The summed E-state index contributed by atoms with van der Waals surface area (Å²) in [5.74, 6) is -0.675. The number of hydrogen-bond acceptors (Lipinski definition) is 8. The van der Waals surface area contributed by atoms with Gasteiger partial charge in [-0.1, -0.05) is 24.3 Å². The Balaban J connectivity index is 1.27. The predicted molar refractivity (Wildman–Crippen MR) is 141 cm³/mol. The van der Waals surface area contributed by atoms with Crippen LogP contribution in [0.1, 0.15) is 26.5 Å². The molecular formula is C28H24F4N6O4. The lowest BCUT2D eigenvalue weighted by Crippen LogP contribution is -2.50. The van der Waals surface area contributed by atoms with Gasteiger partial charge in [-0.2, -0.15) is 28.1 Å². The van der Waals surface area contributed by atoms with Crippen molar-refractivity contribution in [3.63, 3.8) is 0 Å². The number of hydrogen-bond donors (Lipinski definition) is 1. The molecular weight excluding hydrogens is 560 g/mol. The van der Waals surface area contributed by atoms with Crippen LogP contribution in [0.5, 0.6) is 6.01 Å². The molecule has 14 heteroatoms. The monoisotopic (exact) mass is 584 g/mol. The van der Waals surface area contributed by atoms with Gasteiger partial charge in [-0.3, -0.25) is 9.59 Å². The topological polar surface area (TPSA) is 114 Å². The second-order valence-electron chi connectivity index (χ2n) is 9.29. The molecule has 1 saturated heterocycles. The van der Waals surface area contributed by atoms with Crippen molar-refractivity contribution in [2.75, 3.05) is 38.1 Å². The quantitative estimate of drug-likeness (QED) is 0.303. The number of nitrogens with zero attached hydrogens (tertiary/aromatic N) is 5. The van der Waals surface area contributed by atoms with E-state index in [4.69, 9.17) is 9.15 Å². The molecule has 4 aromatic rings. The standard InChI is InChI=1S/C28H24F4N6O4/c29-21-9-3-18(4-10-21)16-33-26-34-23(35-27(36-26)42-17-28(30,31)32)19-5-7-20(8-6-19)24(39)37-11-13-38(14-12-37)25(40)22-2-1-15-41-22/h1-10,15H,11-14,16-17H2,(H,33,34,35,36). The number of piperazine rings is 1. The Morgan fingerprint density at radius 2 is 1.55 bits per heavy atom. The summed E-state index contributed by atoms with van der Waals surface area (Å²) < 4.78 is 61.4. The highest BCUT2D eigenvalue weighted by Crippen LogP contribution is 2.23. The number of carbonyl (C=O) groups excluding carboxylic acids is 2. The minimum absolute atomic E-state index is 0.0211. The van der Waals surface area contributed by atoms with Gasteiger partial charge >= 0.3 is 12.2 Å². The molecule has 0 radical (unpaired) electrons. The summed E-state index contributed by atoms with van der Waals surface area (Å²) >= 11 is 0. The van der Waals surface area contributed by atoms with E-state index in [1.54, 1.807) is 46.2 Å². The van der Waals surface area contributed by atoms with Gasteiger partial charge in [0.05, 0.1) is 6.26 Å². The van der Waals surface area contributed by atoms with Crippen LogP contribution in [0, 0.1) is 5.82 Å². The molecule has 2 aromatic carbocycles. The van der Waals surface area contributed by atoms with E-state index in [-0.39, 0.29) is 35.9 Å². The van der Waals surface area contributed by atoms with Crippen molar-refractivity contribution in [1.82, 2.24) is 24.8 Å². The van der Waals surface area contributed by atoms with Crippen molar-refractivity contribution in [3.05, 3.63) is 89.6 Å². The van der Waals surface area contributed by atoms with E-state index < -0.39 is 24.6 Å². The van der Waals surface area contributed by atoms with E-state index in [0.29, 0.717) is 42.9 Å². The van der Waals surface area contributed by atoms with Gasteiger partial charge in [0.25, 0.3) is 11.8 Å². The third-order valence-electron chi connectivity index (χ3n) is 6.32. The summed E-state index contributed by atoms with van der Waals surface area (Å²) in [6, 6.07) is 14.6. The predicted octanol–water partition coefficient (Wildman–Crippen LogP) is 4.42. The second-order valence-corrected chi connectivity index (χ2v) is 9.29. The number of anilines is 1. The molecule has 0 aliphatic carbocycles. The molecule has 218 valence electrons. The van der Waals surface area contributed by atoms with Crippen LogP contribution in [-0.2, 0) is 6.54 Å². The molecule has 0 spiro atoms. The third kappa shape index (κ3) is 7.19. The van der Waals surface area contributed by atoms with Crippen molar-refractivity contribution in [1.29, 1.82) is 0 Å². The molecule has 2 aromatic heterocycles. The summed E-state index contributed by atoms with van der Waals surface area (Å²) in [5, 5.41) is 2.88. The van der Waals surface area contributed by atoms with Crippen molar-refractivity contribution in [2.24, 2.45) is 0 Å². The Morgan fingerprint density at radius 1 is 0.881 bits per heavy atom. The minimum atomic E-state index is -4.60. The fourth-order valence-corrected chi connectivity index (χ4v) is 4.17. The van der Waals surface area contributed by atoms with Gasteiger partial charge in [-0.25, -0.2) is 4.39 Å². The van der Waals surface area contributed by atoms with E-state index >= 15 is 0 Å². The third-order valence-corrected chi connectivity index (χ3v) is 6.32. The molecule has 3 heterocycles. The molecule has 0 saturated carbocycles. The van der Waals surface area contributed by atoms with Gasteiger partial charge < -0.3 is 24.3 Å². The molecule has 5 rings (SSSR count). The van der Waals surface area contributed by atoms with Gasteiger partial charge in [0, 0.05) is 43.9 Å². The van der Waals surface area contributed by atoms with Crippen LogP contribution in [-0.4, -0.2) is 75.5 Å². The van der Waals surface area contributed by atoms with Crippen LogP contribution in [0.2, 0.25) is 0 Å². The molecule has 1 N–H and O–H groups in total. The maximum atomic E-state index is 13.2. The van der Waals surface area contributed by atoms with E-state index in [0.717, 1.165) is 0 Å². The number of aromatic nitrogens is 3. The highest BCUT2D eigenvalue weighted by Gasteiger charge is 2.29. The molecule has 2 amide bonds. The number of ether oxygens (including phenoxy) is 1. The van der Waals surface area contributed by atoms with Crippen molar-refractivity contribution < 1.29 is 36.3 Å². The Morgan fingerprint density at radius 3 is 2.17 bits per heavy atom. The van der Waals surface area contributed by atoms with E-state index in [1.807, 2.05) is 0 Å². The number of benzene rings is 2. The van der Waals surface area contributed by atoms with Crippen LogP contribution in [0.4, 0.5) is 23.5 Å². The van der Waals surface area contributed by atoms with Crippen molar-refractivity contribution in [2.45, 2.75) is 12.7 Å². The first-order chi connectivity index (χ1) is 20.1. The van der Waals surface area contributed by atoms with E-state index in [1.165, 1.54) is 30.5 Å². The van der Waals surface area contributed by atoms with Crippen LogP contribution >= 0.6 is 0 Å². The first-order valence-electron chi connectivity index (χ1n) is 12.8. The fourth-order valence-electron chi connectivity index (χ4n) is 4.17. The highest BCUT2D eigenvalue weighted by atomic mass is 19.4. The maximum absolute atomic E-state index is 13.2. The zero-order chi connectivity index (χ0) is 29.7. The fraction of sp³-hybridized carbons (Fsp3) is 0.250. The highest BCUT2D eigenvalue weighted by molar-refractivity contribution is 5.95. The Labute approximate surface area is 237 Å². The number of amides is 2. The summed E-state index contributed by atoms with van der Waals surface area (Å²) in [7, 11) is 0. The normalized spacial score (nSPS) is 13.6. The lowest BCUT2D eigenvalue weighted by atomic mass is 10.1. The number of alkyl halides is 3. The SMILES string of the molecule is O=C(c1ccc(-c2nc(NCc3ccc(F)cc3)nc(OCC(F)(F)F)n2)cc1)N1CCN(C(=O)c2ccco2)CC1. The van der Waals surface area contributed by atoms with E-state index in [9.17, 15) is 27.2 Å². The second kappa shape index (κ2) is 12.2. The lowest BCUT2D eigenvalue weighted by molar-refractivity contribution is -0.154. The number of nitrogens with one attached hydrogen (secondary N) is 1. The van der Waals surface area contributed by atoms with Gasteiger partial charge in [-0.15, -0.1) is 0 Å². The lowest BCUT2D eigenvalue weighted by Gasteiger charge is -2.34. The molecule has 1 aliphatic heterocycles. The molecule has 1 aliphatic rings. The number of carbonyl (C=O) groups is 2. The average Bonchev–Trinajstić information content (AvgIpc) is 3.54. The van der Waals surface area contributed by atoms with Crippen LogP contribution in [0.25, 0.3) is 11.4 Å². The molecule has 42 heavy (non-hydrogen) atoms. The van der Waals surface area contributed by atoms with Gasteiger partial charge in [-0.05, 0) is 42.0 Å². The molecule has 0 unspecified atom stereocenters. The molecule has 10 nitrogen and oxygen atoms in total. The number of halogens is 4. The molecule has 1 fully saturated rings. The van der Waals surface area contributed by atoms with Crippen LogP contribution < -0.4 is 10.1 Å². The van der Waals surface area contributed by atoms with Gasteiger partial charge in [0.1, 0.15) is 5.82 Å². The summed E-state index contributed by atoms with van der Waals surface area (Å²) in [4.78, 5) is 41.0. The Bertz CT molecular complexity index is 1520. The van der Waals surface area contributed by atoms with Crippen molar-refractivity contribution in [3.8, 4) is 17.4 Å². The zero-order valence-electron chi connectivity index (χ0n) is 22.0. The minimum Gasteiger partial charge on any atom is -0.459 e. The van der Waals surface area contributed by atoms with E-state index in [2.05, 4.69) is 20.3 Å².